The average molecular weight is 302 g/mol. The van der Waals surface area contributed by atoms with E-state index in [0.717, 1.165) is 12.1 Å². The van der Waals surface area contributed by atoms with Crippen molar-refractivity contribution in [1.29, 1.82) is 0 Å². The summed E-state index contributed by atoms with van der Waals surface area (Å²) in [6, 6.07) is 3.41. The topological polar surface area (TPSA) is 43.1 Å². The van der Waals surface area contributed by atoms with Crippen LogP contribution in [0.5, 0.6) is 0 Å². The van der Waals surface area contributed by atoms with Gasteiger partial charge in [0.2, 0.25) is 0 Å². The molecule has 8 heteroatoms. The second kappa shape index (κ2) is 4.40. The number of benzene rings is 1. The first-order valence-electron chi connectivity index (χ1n) is 3.49. The number of hydrogen-bond donors (Lipinski definition) is 0. The van der Waals surface area contributed by atoms with Gasteiger partial charge in [-0.15, -0.1) is 0 Å². The Kier molecular flexibility index (Phi) is 3.61. The molecule has 82 valence electrons. The third kappa shape index (κ3) is 3.71. The highest BCUT2D eigenvalue weighted by atomic mass is 79.9. The van der Waals surface area contributed by atoms with Gasteiger partial charge in [0.1, 0.15) is 0 Å². The minimum atomic E-state index is -4.53. The summed E-state index contributed by atoms with van der Waals surface area (Å²) in [5.74, 6) is 0. The summed E-state index contributed by atoms with van der Waals surface area (Å²) >= 11 is 2.45. The molecule has 0 aromatic heterocycles. The van der Waals surface area contributed by atoms with Crippen molar-refractivity contribution in [2.45, 2.75) is 10.4 Å². The number of rotatable bonds is 2. The fraction of sp³-hybridized carbons (Fsp3) is 0.143. The van der Waals surface area contributed by atoms with Gasteiger partial charge in [-0.2, -0.15) is 13.2 Å². The van der Waals surface area contributed by atoms with E-state index >= 15 is 0 Å². The zero-order valence-corrected chi connectivity index (χ0v) is 9.32. The zero-order chi connectivity index (χ0) is 11.6. The SMILES string of the molecule is O=[N+]([O-])c1cc(Br)ccc1SC(F)(F)F. The lowest BCUT2D eigenvalue weighted by Gasteiger charge is -2.05. The van der Waals surface area contributed by atoms with Crippen LogP contribution < -0.4 is 0 Å². The molecular formula is C7H3BrF3NO2S. The highest BCUT2D eigenvalue weighted by Crippen LogP contribution is 2.41. The van der Waals surface area contributed by atoms with Crippen LogP contribution in [0, 0.1) is 10.1 Å². The monoisotopic (exact) mass is 301 g/mol. The van der Waals surface area contributed by atoms with Crippen LogP contribution in [0.3, 0.4) is 0 Å². The molecule has 0 saturated heterocycles. The van der Waals surface area contributed by atoms with Crippen LogP contribution in [0.25, 0.3) is 0 Å². The van der Waals surface area contributed by atoms with Gasteiger partial charge in [0.05, 0.1) is 9.82 Å². The molecule has 0 atom stereocenters. The largest absolute Gasteiger partial charge is 0.446 e. The van der Waals surface area contributed by atoms with Crippen molar-refractivity contribution >= 4 is 33.4 Å². The molecule has 3 nitrogen and oxygen atoms in total. The molecule has 1 aromatic carbocycles. The summed E-state index contributed by atoms with van der Waals surface area (Å²) in [5, 5.41) is 10.5. The summed E-state index contributed by atoms with van der Waals surface area (Å²) < 4.78 is 36.4. The lowest BCUT2D eigenvalue weighted by atomic mass is 10.3. The molecule has 0 saturated carbocycles. The van der Waals surface area contributed by atoms with Gasteiger partial charge >= 0.3 is 5.51 Å². The Bertz CT molecular complexity index is 396. The summed E-state index contributed by atoms with van der Waals surface area (Å²) in [7, 11) is 0. The minimum absolute atomic E-state index is 0.362. The van der Waals surface area contributed by atoms with Gasteiger partial charge in [-0.1, -0.05) is 15.9 Å². The molecule has 0 aliphatic rings. The quantitative estimate of drug-likeness (QED) is 0.471. The highest BCUT2D eigenvalue weighted by molar-refractivity contribution is 9.10. The van der Waals surface area contributed by atoms with Crippen LogP contribution in [-0.4, -0.2) is 10.4 Å². The molecule has 0 radical (unpaired) electrons. The number of nitro groups is 1. The van der Waals surface area contributed by atoms with E-state index in [2.05, 4.69) is 15.9 Å². The van der Waals surface area contributed by atoms with E-state index in [1.165, 1.54) is 6.07 Å². The van der Waals surface area contributed by atoms with E-state index in [4.69, 9.17) is 0 Å². The average Bonchev–Trinajstić information content (AvgIpc) is 2.05. The first kappa shape index (κ1) is 12.3. The number of nitrogens with zero attached hydrogens (tertiary/aromatic N) is 1. The van der Waals surface area contributed by atoms with Crippen molar-refractivity contribution in [3.8, 4) is 0 Å². The second-order valence-corrected chi connectivity index (χ2v) is 4.44. The molecule has 0 aliphatic heterocycles. The third-order valence-electron chi connectivity index (χ3n) is 1.34. The van der Waals surface area contributed by atoms with E-state index in [1.54, 1.807) is 0 Å². The molecule has 0 amide bonds. The number of alkyl halides is 3. The van der Waals surface area contributed by atoms with Gasteiger partial charge in [0.25, 0.3) is 5.69 Å². The van der Waals surface area contributed by atoms with E-state index < -0.39 is 32.8 Å². The standard InChI is InChI=1S/C7H3BrF3NO2S/c8-4-1-2-6(15-7(9,10)11)5(3-4)12(13)14/h1-3H. The maximum Gasteiger partial charge on any atom is 0.446 e. The third-order valence-corrected chi connectivity index (χ3v) is 2.63. The Hall–Kier alpha value is -0.760. The summed E-state index contributed by atoms with van der Waals surface area (Å²) in [6.45, 7) is 0. The normalized spacial score (nSPS) is 11.5. The first-order chi connectivity index (χ1) is 6.79. The zero-order valence-electron chi connectivity index (χ0n) is 6.92. The van der Waals surface area contributed by atoms with E-state index in [1.807, 2.05) is 0 Å². The highest BCUT2D eigenvalue weighted by Gasteiger charge is 2.32. The predicted molar refractivity (Wildman–Crippen MR) is 52.7 cm³/mol. The van der Waals surface area contributed by atoms with Crippen molar-refractivity contribution in [3.05, 3.63) is 32.8 Å². The van der Waals surface area contributed by atoms with Crippen LogP contribution in [-0.2, 0) is 0 Å². The van der Waals surface area contributed by atoms with Gasteiger partial charge in [-0.25, -0.2) is 0 Å². The fourth-order valence-electron chi connectivity index (χ4n) is 0.844. The smallest absolute Gasteiger partial charge is 0.258 e. The summed E-state index contributed by atoms with van der Waals surface area (Å²) in [5.41, 5.74) is -5.09. The minimum Gasteiger partial charge on any atom is -0.258 e. The van der Waals surface area contributed by atoms with Crippen molar-refractivity contribution in [3.63, 3.8) is 0 Å². The Balaban J connectivity index is 3.12. The van der Waals surface area contributed by atoms with Gasteiger partial charge < -0.3 is 0 Å². The molecule has 1 aromatic rings. The molecule has 0 fully saturated rings. The molecule has 0 bridgehead atoms. The first-order valence-corrected chi connectivity index (χ1v) is 5.10. The van der Waals surface area contributed by atoms with Crippen LogP contribution in [0.15, 0.2) is 27.6 Å². The summed E-state index contributed by atoms with van der Waals surface area (Å²) in [6.07, 6.45) is 0. The molecular weight excluding hydrogens is 299 g/mol. The number of halogens is 4. The van der Waals surface area contributed by atoms with Crippen LogP contribution >= 0.6 is 27.7 Å². The lowest BCUT2D eigenvalue weighted by Crippen LogP contribution is -2.01. The molecule has 0 unspecified atom stereocenters. The lowest BCUT2D eigenvalue weighted by molar-refractivity contribution is -0.387. The predicted octanol–water partition coefficient (Wildman–Crippen LogP) is 3.97. The van der Waals surface area contributed by atoms with Crippen LogP contribution in [0.1, 0.15) is 0 Å². The van der Waals surface area contributed by atoms with Crippen molar-refractivity contribution in [1.82, 2.24) is 0 Å². The van der Waals surface area contributed by atoms with Crippen molar-refractivity contribution in [2.24, 2.45) is 0 Å². The number of thioether (sulfide) groups is 1. The molecule has 0 spiro atoms. The number of hydrogen-bond acceptors (Lipinski definition) is 3. The second-order valence-electron chi connectivity index (χ2n) is 2.42. The van der Waals surface area contributed by atoms with E-state index in [9.17, 15) is 23.3 Å². The molecule has 15 heavy (non-hydrogen) atoms. The van der Waals surface area contributed by atoms with Gasteiger partial charge in [-0.05, 0) is 23.9 Å². The number of nitro benzene ring substituents is 1. The van der Waals surface area contributed by atoms with Crippen LogP contribution in [0.2, 0.25) is 0 Å². The van der Waals surface area contributed by atoms with Crippen molar-refractivity contribution < 1.29 is 18.1 Å². The van der Waals surface area contributed by atoms with Crippen molar-refractivity contribution in [2.75, 3.05) is 0 Å². The maximum atomic E-state index is 12.0. The molecule has 0 heterocycles. The molecule has 1 rings (SSSR count). The van der Waals surface area contributed by atoms with Gasteiger partial charge in [0, 0.05) is 10.5 Å². The Labute approximate surface area is 94.9 Å². The van der Waals surface area contributed by atoms with E-state index in [0.29, 0.717) is 4.47 Å². The fourth-order valence-corrected chi connectivity index (χ4v) is 1.82. The Morgan fingerprint density at radius 1 is 1.40 bits per heavy atom. The molecule has 0 N–H and O–H groups in total. The van der Waals surface area contributed by atoms with Crippen LogP contribution in [0.4, 0.5) is 18.9 Å². The van der Waals surface area contributed by atoms with Gasteiger partial charge in [0.15, 0.2) is 0 Å². The van der Waals surface area contributed by atoms with Gasteiger partial charge in [-0.3, -0.25) is 10.1 Å². The Morgan fingerprint density at radius 3 is 2.47 bits per heavy atom. The maximum absolute atomic E-state index is 12.0. The Morgan fingerprint density at radius 2 is 2.00 bits per heavy atom. The molecule has 0 aliphatic carbocycles. The van der Waals surface area contributed by atoms with E-state index in [-0.39, 0.29) is 0 Å². The summed E-state index contributed by atoms with van der Waals surface area (Å²) in [4.78, 5) is 9.19.